The number of nitrogen functional groups attached to an aromatic ring is 1. The molecule has 4 spiro atoms. The third-order valence-corrected chi connectivity index (χ3v) is 17.9. The van der Waals surface area contributed by atoms with Crippen molar-refractivity contribution in [3.05, 3.63) is 202 Å². The zero-order valence-corrected chi connectivity index (χ0v) is 48.9. The van der Waals surface area contributed by atoms with Crippen LogP contribution < -0.4 is 5.73 Å². The lowest BCUT2D eigenvalue weighted by molar-refractivity contribution is -0.187. The Hall–Kier alpha value is -8.99. The fourth-order valence-electron chi connectivity index (χ4n) is 12.6. The Balaban J connectivity index is 0.000000190. The number of nitrogens with zero attached hydrogens (tertiary/aromatic N) is 5. The number of benzene rings is 6. The van der Waals surface area contributed by atoms with Gasteiger partial charge in [-0.25, -0.2) is 33.2 Å². The van der Waals surface area contributed by atoms with Crippen LogP contribution in [-0.4, -0.2) is 112 Å². The highest BCUT2D eigenvalue weighted by atomic mass is 19.4. The largest absolute Gasteiger partial charge is 0.427 e. The molecule has 4 aliphatic carbocycles. The summed E-state index contributed by atoms with van der Waals surface area (Å²) in [6.07, 6.45) is -5.77. The first-order valence-corrected chi connectivity index (χ1v) is 29.4. The lowest BCUT2D eigenvalue weighted by atomic mass is 9.94. The van der Waals surface area contributed by atoms with Gasteiger partial charge in [0.15, 0.2) is 0 Å². The molecule has 0 radical (unpaired) electrons. The van der Waals surface area contributed by atoms with Gasteiger partial charge in [-0.1, -0.05) is 104 Å². The Kier molecular flexibility index (Phi) is 17.9. The van der Waals surface area contributed by atoms with Crippen LogP contribution in [0, 0.1) is 11.6 Å². The van der Waals surface area contributed by atoms with Crippen molar-refractivity contribution >= 4 is 52.9 Å². The van der Waals surface area contributed by atoms with Crippen LogP contribution in [-0.2, 0) is 68.5 Å². The lowest BCUT2D eigenvalue weighted by Crippen LogP contribution is -2.51. The van der Waals surface area contributed by atoms with E-state index in [-0.39, 0.29) is 36.8 Å². The normalized spacial score (nSPS) is 20.8. The molecule has 3 saturated heterocycles. The van der Waals surface area contributed by atoms with Crippen molar-refractivity contribution in [2.24, 2.45) is 4.99 Å². The molecule has 23 heteroatoms. The van der Waals surface area contributed by atoms with Crippen LogP contribution >= 0.6 is 0 Å². The zero-order valence-electron chi connectivity index (χ0n) is 48.9. The maximum absolute atomic E-state index is 14.1. The molecule has 5 fully saturated rings. The predicted molar refractivity (Wildman–Crippen MR) is 318 cm³/mol. The minimum absolute atomic E-state index is 0. The van der Waals surface area contributed by atoms with Crippen molar-refractivity contribution in [1.82, 2.24) is 19.6 Å². The molecule has 13 rings (SSSR count). The first-order valence-electron chi connectivity index (χ1n) is 29.4. The molecule has 2 N–H and O–H groups in total. The SMILES string of the molecule is C.C1CCOC1.C[C@H](N(Cc1ccc(F)cc1)C(=O)CN1C(=O)OC2(CC3(CC3)c3cc(N)ccc32)C1=O)C(F)(F)F.C[C@H](N(Cc1ccc(F)cc1)C(=O)CN1C(=O)OC2(CC3(CC3)c3cc(N=C(c4ccccc4)c4ccccc4)ccc32)C1=O)C(F)(F)F. The molecular weight excluding hydrogens is 1200 g/mol. The Morgan fingerprint density at radius 1 is 0.560 bits per heavy atom. The van der Waals surface area contributed by atoms with Gasteiger partial charge in [0.05, 0.1) is 11.4 Å². The van der Waals surface area contributed by atoms with E-state index in [0.717, 1.165) is 105 Å². The Morgan fingerprint density at radius 3 is 1.33 bits per heavy atom. The number of fused-ring (bicyclic) bond motifs is 6. The minimum atomic E-state index is -4.80. The van der Waals surface area contributed by atoms with Crippen molar-refractivity contribution < 1.29 is 78.1 Å². The number of imide groups is 2. The highest BCUT2D eigenvalue weighted by Gasteiger charge is 2.69. The molecule has 2 saturated carbocycles. The number of carbonyl (C=O) groups is 6. The van der Waals surface area contributed by atoms with Gasteiger partial charge in [-0.05, 0) is 123 Å². The summed E-state index contributed by atoms with van der Waals surface area (Å²) in [5, 5.41) is 0. The molecule has 478 valence electrons. The van der Waals surface area contributed by atoms with Crippen LogP contribution in [0.2, 0.25) is 0 Å². The molecule has 7 aliphatic rings. The Morgan fingerprint density at radius 2 is 0.956 bits per heavy atom. The minimum Gasteiger partial charge on any atom is -0.427 e. The second kappa shape index (κ2) is 25.0. The molecule has 6 aromatic carbocycles. The number of rotatable bonds is 13. The number of ether oxygens (including phenoxy) is 3. The Bertz CT molecular complexity index is 3730. The van der Waals surface area contributed by atoms with Crippen LogP contribution in [0.3, 0.4) is 0 Å². The van der Waals surface area contributed by atoms with Gasteiger partial charge in [-0.3, -0.25) is 19.2 Å². The van der Waals surface area contributed by atoms with E-state index in [4.69, 9.17) is 24.9 Å². The van der Waals surface area contributed by atoms with E-state index in [1.807, 2.05) is 66.7 Å². The maximum Gasteiger partial charge on any atom is 0.418 e. The van der Waals surface area contributed by atoms with Gasteiger partial charge >= 0.3 is 24.5 Å². The third-order valence-electron chi connectivity index (χ3n) is 17.9. The van der Waals surface area contributed by atoms with E-state index in [2.05, 4.69) is 0 Å². The molecule has 0 aromatic heterocycles. The number of halogens is 8. The molecule has 15 nitrogen and oxygen atoms in total. The first kappa shape index (κ1) is 65.0. The quantitative estimate of drug-likeness (QED) is 0.0664. The second-order valence-electron chi connectivity index (χ2n) is 23.9. The second-order valence-corrected chi connectivity index (χ2v) is 23.9. The van der Waals surface area contributed by atoms with E-state index in [1.54, 1.807) is 30.3 Å². The van der Waals surface area contributed by atoms with E-state index < -0.39 is 115 Å². The van der Waals surface area contributed by atoms with Crippen molar-refractivity contribution in [1.29, 1.82) is 0 Å². The molecule has 6 amide bonds. The van der Waals surface area contributed by atoms with E-state index in [0.29, 0.717) is 42.1 Å². The number of hydrogen-bond donors (Lipinski definition) is 1. The van der Waals surface area contributed by atoms with Gasteiger partial charge in [-0.15, -0.1) is 0 Å². The molecule has 3 aliphatic heterocycles. The molecule has 4 atom stereocenters. The van der Waals surface area contributed by atoms with Crippen LogP contribution in [0.15, 0.2) is 151 Å². The highest BCUT2D eigenvalue weighted by molar-refractivity contribution is 6.14. The van der Waals surface area contributed by atoms with Gasteiger partial charge < -0.3 is 29.7 Å². The van der Waals surface area contributed by atoms with Crippen molar-refractivity contribution in [3.63, 3.8) is 0 Å². The third kappa shape index (κ3) is 12.9. The van der Waals surface area contributed by atoms with Gasteiger partial charge in [-0.2, -0.15) is 26.3 Å². The summed E-state index contributed by atoms with van der Waals surface area (Å²) < 4.78 is 125. The van der Waals surface area contributed by atoms with Gasteiger partial charge in [0.1, 0.15) is 36.8 Å². The van der Waals surface area contributed by atoms with Gasteiger partial charge in [0.2, 0.25) is 23.0 Å². The number of amides is 6. The monoisotopic (exact) mass is 1260 g/mol. The smallest absolute Gasteiger partial charge is 0.418 e. The summed E-state index contributed by atoms with van der Waals surface area (Å²) in [6, 6.07) is 34.7. The summed E-state index contributed by atoms with van der Waals surface area (Å²) in [7, 11) is 0. The number of carbonyl (C=O) groups excluding carboxylic acids is 6. The molecule has 2 unspecified atom stereocenters. The summed E-state index contributed by atoms with van der Waals surface area (Å²) in [5.74, 6) is -4.93. The summed E-state index contributed by atoms with van der Waals surface area (Å²) in [4.78, 5) is 87.5. The molecular formula is C68H66F8N6O9. The average Bonchev–Trinajstić information content (AvgIpc) is 1.53. The van der Waals surface area contributed by atoms with Crippen LogP contribution in [0.25, 0.3) is 0 Å². The summed E-state index contributed by atoms with van der Waals surface area (Å²) in [6.45, 7) is 0.764. The standard InChI is InChI=1S/C38H31F4N3O4.C25H23F4N3O4.C4H8O.CH4/c1-24(38(40,41)42)44(21-25-12-14-28(39)15-13-25)32(46)22-45-34(47)37(49-35(45)48)23-36(18-19-36)31-20-29(16-17-30(31)37)43-33(26-8-4-2-5-9-26)27-10-6-3-7-11-27;1-14(25(27,28)29)31(11-15-2-4-16(26)5-3-15)20(33)12-32-21(34)24(36-22(32)35)13-23(8-9-23)19-10-17(30)6-7-18(19)24;1-2-4-5-3-1;/h2-17,20,24H,18-19,21-23H2,1H3;2-7,10,14H,8-9,11-13,30H2,1H3;1-4H2;1H4/t24-,37?;14-,24?;;/m00../s1. The number of nitrogens with two attached hydrogens (primary N) is 1. The Labute approximate surface area is 519 Å². The molecule has 0 bridgehead atoms. The van der Waals surface area contributed by atoms with Crippen LogP contribution in [0.1, 0.15) is 117 Å². The molecule has 3 heterocycles. The fraction of sp³-hybridized carbons (Fsp3) is 0.368. The predicted octanol–water partition coefficient (Wildman–Crippen LogP) is 13.0. The average molecular weight is 1260 g/mol. The molecule has 91 heavy (non-hydrogen) atoms. The van der Waals surface area contributed by atoms with E-state index in [9.17, 15) is 63.9 Å². The van der Waals surface area contributed by atoms with Crippen LogP contribution in [0.5, 0.6) is 0 Å². The van der Waals surface area contributed by atoms with Gasteiger partial charge in [0.25, 0.3) is 11.8 Å². The van der Waals surface area contributed by atoms with Crippen LogP contribution in [0.4, 0.5) is 56.1 Å². The number of hydrogen-bond acceptors (Lipinski definition) is 11. The lowest BCUT2D eigenvalue weighted by Gasteiger charge is -2.31. The van der Waals surface area contributed by atoms with Gasteiger partial charge in [0, 0.05) is 77.9 Å². The molecule has 6 aromatic rings. The maximum atomic E-state index is 14.1. The van der Waals surface area contributed by atoms with Crippen molar-refractivity contribution in [3.8, 4) is 0 Å². The number of aliphatic imine (C=N–C) groups is 1. The summed E-state index contributed by atoms with van der Waals surface area (Å²) >= 11 is 0. The number of anilines is 1. The van der Waals surface area contributed by atoms with E-state index >= 15 is 0 Å². The zero-order chi connectivity index (χ0) is 64.1. The highest BCUT2D eigenvalue weighted by Crippen LogP contribution is 2.66. The number of alkyl halides is 6. The van der Waals surface area contributed by atoms with E-state index in [1.165, 1.54) is 37.1 Å². The fourth-order valence-corrected chi connectivity index (χ4v) is 12.6. The topological polar surface area (TPSA) is 181 Å². The summed E-state index contributed by atoms with van der Waals surface area (Å²) in [5.41, 5.74) is 8.68. The van der Waals surface area contributed by atoms with Crippen molar-refractivity contribution in [2.75, 3.05) is 32.0 Å². The van der Waals surface area contributed by atoms with Crippen molar-refractivity contribution in [2.45, 2.75) is 132 Å². The first-order chi connectivity index (χ1) is 42.8.